The summed E-state index contributed by atoms with van der Waals surface area (Å²) in [6, 6.07) is 6.76. The molecule has 3 fully saturated rings. The molecule has 2 amide bonds. The van der Waals surface area contributed by atoms with Crippen LogP contribution in [0.1, 0.15) is 25.5 Å². The molecule has 110 valence electrons. The summed E-state index contributed by atoms with van der Waals surface area (Å²) in [5, 5.41) is 2.92. The molecule has 2 aliphatic heterocycles. The third kappa shape index (κ3) is 1.73. The van der Waals surface area contributed by atoms with Crippen LogP contribution in [0.15, 0.2) is 28.7 Å². The number of halogens is 1. The highest BCUT2D eigenvalue weighted by molar-refractivity contribution is 9.10. The molecule has 4 nitrogen and oxygen atoms in total. The van der Waals surface area contributed by atoms with Gasteiger partial charge >= 0.3 is 0 Å². The lowest BCUT2D eigenvalue weighted by Gasteiger charge is -2.38. The minimum Gasteiger partial charge on any atom is -0.339 e. The second kappa shape index (κ2) is 4.09. The number of hydrogen-bond donors (Lipinski definition) is 1. The predicted octanol–water partition coefficient (Wildman–Crippen LogP) is 2.10. The summed E-state index contributed by atoms with van der Waals surface area (Å²) >= 11 is 3.38. The van der Waals surface area contributed by atoms with Gasteiger partial charge in [-0.1, -0.05) is 41.9 Å². The molecule has 0 unspecified atom stereocenters. The van der Waals surface area contributed by atoms with Crippen molar-refractivity contribution < 1.29 is 9.59 Å². The number of hydrogen-bond acceptors (Lipinski definition) is 2. The Hall–Kier alpha value is -1.36. The van der Waals surface area contributed by atoms with Crippen LogP contribution in [-0.2, 0) is 9.59 Å². The number of benzene rings is 1. The predicted molar refractivity (Wildman–Crippen MR) is 81.3 cm³/mol. The van der Waals surface area contributed by atoms with Gasteiger partial charge in [0.05, 0.1) is 0 Å². The zero-order valence-corrected chi connectivity index (χ0v) is 13.6. The van der Waals surface area contributed by atoms with E-state index in [2.05, 4.69) is 35.1 Å². The molecule has 1 N–H and O–H groups in total. The topological polar surface area (TPSA) is 49.4 Å². The highest BCUT2D eigenvalue weighted by atomic mass is 79.9. The number of piperidine rings is 1. The molecule has 1 aromatic carbocycles. The van der Waals surface area contributed by atoms with Crippen molar-refractivity contribution in [3.63, 3.8) is 0 Å². The Morgan fingerprint density at radius 2 is 1.90 bits per heavy atom. The van der Waals surface area contributed by atoms with Crippen LogP contribution in [0.3, 0.4) is 0 Å². The van der Waals surface area contributed by atoms with Crippen LogP contribution >= 0.6 is 15.9 Å². The molecule has 0 radical (unpaired) electrons. The zero-order valence-electron chi connectivity index (χ0n) is 12.0. The van der Waals surface area contributed by atoms with Gasteiger partial charge in [0, 0.05) is 11.0 Å². The Kier molecular flexibility index (Phi) is 2.60. The molecule has 0 aromatic heterocycles. The zero-order chi connectivity index (χ0) is 14.9. The van der Waals surface area contributed by atoms with Gasteiger partial charge in [-0.15, -0.1) is 0 Å². The van der Waals surface area contributed by atoms with E-state index in [1.54, 1.807) is 4.90 Å². The van der Waals surface area contributed by atoms with Gasteiger partial charge in [0.25, 0.3) is 5.91 Å². The first kappa shape index (κ1) is 13.3. The van der Waals surface area contributed by atoms with E-state index >= 15 is 0 Å². The van der Waals surface area contributed by atoms with E-state index in [1.165, 1.54) is 0 Å². The maximum absolute atomic E-state index is 12.7. The standard InChI is InChI=1S/C16H17BrN2O2/c1-16(2)10-7-19-13(11(10)16)14(20)18-12(15(19)21)8-3-5-9(17)6-4-8/h3-6,10-13H,7H2,1-2H3,(H,18,20)/t10-,11-,12-,13-/m0/s1. The van der Waals surface area contributed by atoms with E-state index in [4.69, 9.17) is 0 Å². The number of nitrogens with zero attached hydrogens (tertiary/aromatic N) is 1. The fourth-order valence-electron chi connectivity index (χ4n) is 4.15. The van der Waals surface area contributed by atoms with Crippen molar-refractivity contribution in [2.24, 2.45) is 17.3 Å². The summed E-state index contributed by atoms with van der Waals surface area (Å²) in [5.74, 6) is 0.832. The Morgan fingerprint density at radius 3 is 2.57 bits per heavy atom. The minimum atomic E-state index is -0.539. The summed E-state index contributed by atoms with van der Waals surface area (Å²) in [4.78, 5) is 27.0. The number of carbonyl (C=O) groups is 2. The molecule has 0 spiro atoms. The number of piperazine rings is 1. The smallest absolute Gasteiger partial charge is 0.250 e. The lowest BCUT2D eigenvalue weighted by molar-refractivity contribution is -0.149. The second-order valence-electron chi connectivity index (χ2n) is 6.88. The highest BCUT2D eigenvalue weighted by Gasteiger charge is 2.70. The SMILES string of the molecule is CC1(C)[C@@H]2[C@H]3C(=O)N[C@@H](c4ccc(Br)cc4)C(=O)N3C[C@@H]21. The van der Waals surface area contributed by atoms with Crippen molar-refractivity contribution >= 4 is 27.7 Å². The van der Waals surface area contributed by atoms with Gasteiger partial charge in [-0.3, -0.25) is 9.59 Å². The van der Waals surface area contributed by atoms with Crippen molar-refractivity contribution in [2.45, 2.75) is 25.9 Å². The van der Waals surface area contributed by atoms with Crippen molar-refractivity contribution in [1.29, 1.82) is 0 Å². The quantitative estimate of drug-likeness (QED) is 0.844. The normalized spacial score (nSPS) is 36.0. The maximum atomic E-state index is 12.7. The van der Waals surface area contributed by atoms with E-state index in [0.717, 1.165) is 16.6 Å². The molecular formula is C16H17BrN2O2. The van der Waals surface area contributed by atoms with Gasteiger partial charge in [-0.2, -0.15) is 0 Å². The first-order valence-electron chi connectivity index (χ1n) is 7.27. The molecule has 0 bridgehead atoms. The minimum absolute atomic E-state index is 0.000550. The Bertz CT molecular complexity index is 640. The monoisotopic (exact) mass is 348 g/mol. The molecule has 1 aromatic rings. The molecule has 4 atom stereocenters. The molecular weight excluding hydrogens is 332 g/mol. The lowest BCUT2D eigenvalue weighted by atomic mass is 9.95. The van der Waals surface area contributed by atoms with E-state index < -0.39 is 6.04 Å². The molecule has 1 aliphatic carbocycles. The number of amides is 2. The lowest BCUT2D eigenvalue weighted by Crippen LogP contribution is -2.59. The third-order valence-corrected chi connectivity index (χ3v) is 6.03. The second-order valence-corrected chi connectivity index (χ2v) is 7.80. The molecule has 4 rings (SSSR count). The molecule has 2 heterocycles. The summed E-state index contributed by atoms with van der Waals surface area (Å²) in [5.41, 5.74) is 1.04. The summed E-state index contributed by atoms with van der Waals surface area (Å²) in [6.45, 7) is 5.11. The van der Waals surface area contributed by atoms with Crippen LogP contribution in [0.4, 0.5) is 0 Å². The van der Waals surface area contributed by atoms with Gasteiger partial charge < -0.3 is 10.2 Å². The Morgan fingerprint density at radius 1 is 1.24 bits per heavy atom. The number of carbonyl (C=O) groups excluding carboxylic acids is 2. The first-order chi connectivity index (χ1) is 9.91. The van der Waals surface area contributed by atoms with Crippen LogP contribution in [0.2, 0.25) is 0 Å². The Labute approximate surface area is 132 Å². The summed E-state index contributed by atoms with van der Waals surface area (Å²) in [7, 11) is 0. The van der Waals surface area contributed by atoms with Crippen molar-refractivity contribution in [3.8, 4) is 0 Å². The van der Waals surface area contributed by atoms with E-state index in [9.17, 15) is 9.59 Å². The van der Waals surface area contributed by atoms with Gasteiger partial charge in [0.2, 0.25) is 5.91 Å². The van der Waals surface area contributed by atoms with Crippen molar-refractivity contribution in [2.75, 3.05) is 6.54 Å². The number of rotatable bonds is 1. The highest BCUT2D eigenvalue weighted by Crippen LogP contribution is 2.65. The fraction of sp³-hybridized carbons (Fsp3) is 0.500. The maximum Gasteiger partial charge on any atom is 0.250 e. The third-order valence-electron chi connectivity index (χ3n) is 5.50. The van der Waals surface area contributed by atoms with Crippen molar-refractivity contribution in [3.05, 3.63) is 34.3 Å². The summed E-state index contributed by atoms with van der Waals surface area (Å²) in [6.07, 6.45) is 0. The molecule has 3 aliphatic rings. The van der Waals surface area contributed by atoms with Crippen LogP contribution < -0.4 is 5.32 Å². The van der Waals surface area contributed by atoms with Gasteiger partial charge in [0.15, 0.2) is 0 Å². The van der Waals surface area contributed by atoms with Crippen LogP contribution in [0.25, 0.3) is 0 Å². The van der Waals surface area contributed by atoms with E-state index in [1.807, 2.05) is 24.3 Å². The number of fused-ring (bicyclic) bond motifs is 3. The van der Waals surface area contributed by atoms with Gasteiger partial charge in [-0.25, -0.2) is 0 Å². The van der Waals surface area contributed by atoms with E-state index in [-0.39, 0.29) is 23.3 Å². The summed E-state index contributed by atoms with van der Waals surface area (Å²) < 4.78 is 0.961. The van der Waals surface area contributed by atoms with E-state index in [0.29, 0.717) is 11.8 Å². The molecule has 1 saturated carbocycles. The fourth-order valence-corrected chi connectivity index (χ4v) is 4.41. The molecule has 21 heavy (non-hydrogen) atoms. The molecule has 2 saturated heterocycles. The average Bonchev–Trinajstić information content (AvgIpc) is 2.83. The Balaban J connectivity index is 1.63. The van der Waals surface area contributed by atoms with Crippen LogP contribution in [0, 0.1) is 17.3 Å². The first-order valence-corrected chi connectivity index (χ1v) is 8.07. The number of nitrogens with one attached hydrogen (secondary N) is 1. The van der Waals surface area contributed by atoms with Crippen LogP contribution in [-0.4, -0.2) is 29.3 Å². The van der Waals surface area contributed by atoms with Crippen molar-refractivity contribution in [1.82, 2.24) is 10.2 Å². The molecule has 5 heteroatoms. The average molecular weight is 349 g/mol. The van der Waals surface area contributed by atoms with Gasteiger partial charge in [0.1, 0.15) is 12.1 Å². The van der Waals surface area contributed by atoms with Gasteiger partial charge in [-0.05, 0) is 34.9 Å². The largest absolute Gasteiger partial charge is 0.339 e. The van der Waals surface area contributed by atoms with Crippen LogP contribution in [0.5, 0.6) is 0 Å².